The Bertz CT molecular complexity index is 790. The third-order valence-corrected chi connectivity index (χ3v) is 5.98. The predicted octanol–water partition coefficient (Wildman–Crippen LogP) is 7.62. The highest BCUT2D eigenvalue weighted by Gasteiger charge is 2.33. The first kappa shape index (κ1) is 19.5. The summed E-state index contributed by atoms with van der Waals surface area (Å²) in [6, 6.07) is 20.7. The Morgan fingerprint density at radius 3 is 0.962 bits per heavy atom. The smallest absolute Gasteiger partial charge is 0.386 e. The molecule has 0 aliphatic heterocycles. The summed E-state index contributed by atoms with van der Waals surface area (Å²) in [6.45, 7) is 0. The molecule has 0 unspecified atom stereocenters. The van der Waals surface area contributed by atoms with Crippen LogP contribution in [-0.2, 0) is 4.57 Å². The van der Waals surface area contributed by atoms with Gasteiger partial charge in [-0.15, -0.1) is 0 Å². The third kappa shape index (κ3) is 5.61. The van der Waals surface area contributed by atoms with Crippen LogP contribution in [0.3, 0.4) is 0 Å². The van der Waals surface area contributed by atoms with Gasteiger partial charge < -0.3 is 13.6 Å². The number of hydrogen-bond acceptors (Lipinski definition) is 4. The van der Waals surface area contributed by atoms with Crippen molar-refractivity contribution >= 4 is 55.6 Å². The minimum atomic E-state index is -3.98. The lowest BCUT2D eigenvalue weighted by Gasteiger charge is -2.19. The molecule has 26 heavy (non-hydrogen) atoms. The van der Waals surface area contributed by atoms with Crippen molar-refractivity contribution in [3.05, 3.63) is 86.2 Å². The zero-order valence-corrected chi connectivity index (χ0v) is 18.8. The maximum absolute atomic E-state index is 13.3. The van der Waals surface area contributed by atoms with Crippen molar-refractivity contribution in [2.75, 3.05) is 0 Å². The molecule has 0 N–H and O–H groups in total. The van der Waals surface area contributed by atoms with Crippen LogP contribution in [0.15, 0.2) is 86.2 Å². The summed E-state index contributed by atoms with van der Waals surface area (Å²) in [5.41, 5.74) is 0. The van der Waals surface area contributed by atoms with Gasteiger partial charge in [0.1, 0.15) is 17.2 Å². The number of rotatable bonds is 6. The van der Waals surface area contributed by atoms with E-state index in [2.05, 4.69) is 47.8 Å². The molecule has 134 valence electrons. The molecule has 3 aromatic carbocycles. The van der Waals surface area contributed by atoms with Crippen LogP contribution in [0.5, 0.6) is 17.2 Å². The summed E-state index contributed by atoms with van der Waals surface area (Å²) >= 11 is 10.1. The van der Waals surface area contributed by atoms with Crippen molar-refractivity contribution in [1.82, 2.24) is 0 Å². The second kappa shape index (κ2) is 8.61. The molecule has 0 atom stereocenters. The molecule has 3 aromatic rings. The van der Waals surface area contributed by atoms with Crippen LogP contribution < -0.4 is 13.6 Å². The maximum atomic E-state index is 13.3. The summed E-state index contributed by atoms with van der Waals surface area (Å²) in [5, 5.41) is 0. The van der Waals surface area contributed by atoms with Crippen LogP contribution in [0.1, 0.15) is 0 Å². The Morgan fingerprint density at radius 2 is 0.731 bits per heavy atom. The van der Waals surface area contributed by atoms with Crippen molar-refractivity contribution in [2.45, 2.75) is 0 Å². The molecule has 0 fully saturated rings. The zero-order valence-electron chi connectivity index (χ0n) is 13.1. The first-order valence-electron chi connectivity index (χ1n) is 7.37. The average Bonchev–Trinajstić information content (AvgIpc) is 2.61. The predicted molar refractivity (Wildman–Crippen MR) is 112 cm³/mol. The lowest BCUT2D eigenvalue weighted by atomic mass is 10.3. The molecular weight excluding hydrogens is 551 g/mol. The van der Waals surface area contributed by atoms with Gasteiger partial charge in [0.15, 0.2) is 0 Å². The van der Waals surface area contributed by atoms with Crippen molar-refractivity contribution in [2.24, 2.45) is 0 Å². The summed E-state index contributed by atoms with van der Waals surface area (Å²) in [6.07, 6.45) is 0. The summed E-state index contributed by atoms with van der Waals surface area (Å²) in [7, 11) is -3.98. The fourth-order valence-electron chi connectivity index (χ4n) is 1.93. The quantitative estimate of drug-likeness (QED) is 0.290. The molecule has 3 rings (SSSR count). The highest BCUT2D eigenvalue weighted by atomic mass is 79.9. The molecular formula is C18H12Br3O4P. The van der Waals surface area contributed by atoms with Gasteiger partial charge in [-0.05, 0) is 72.8 Å². The van der Waals surface area contributed by atoms with Gasteiger partial charge in [0, 0.05) is 13.4 Å². The third-order valence-electron chi connectivity index (χ3n) is 3.09. The van der Waals surface area contributed by atoms with Crippen LogP contribution >= 0.6 is 55.6 Å². The first-order chi connectivity index (χ1) is 12.4. The van der Waals surface area contributed by atoms with Crippen LogP contribution in [0, 0.1) is 0 Å². The Morgan fingerprint density at radius 1 is 0.500 bits per heavy atom. The Hall–Kier alpha value is -1.27. The number of halogens is 3. The van der Waals surface area contributed by atoms with Crippen LogP contribution in [0.25, 0.3) is 0 Å². The number of hydrogen-bond donors (Lipinski definition) is 0. The topological polar surface area (TPSA) is 44.8 Å². The second-order valence-corrected chi connectivity index (χ2v) is 9.27. The molecule has 0 heterocycles. The minimum Gasteiger partial charge on any atom is -0.386 e. The Balaban J connectivity index is 1.88. The van der Waals surface area contributed by atoms with Crippen molar-refractivity contribution in [3.8, 4) is 17.2 Å². The van der Waals surface area contributed by atoms with E-state index in [0.29, 0.717) is 17.2 Å². The van der Waals surface area contributed by atoms with E-state index >= 15 is 0 Å². The van der Waals surface area contributed by atoms with E-state index in [1.807, 2.05) is 0 Å². The Labute approximate surface area is 176 Å². The summed E-state index contributed by atoms with van der Waals surface area (Å²) in [4.78, 5) is 0. The molecule has 0 aliphatic carbocycles. The van der Waals surface area contributed by atoms with Crippen molar-refractivity contribution < 1.29 is 18.1 Å². The van der Waals surface area contributed by atoms with Crippen molar-refractivity contribution in [3.63, 3.8) is 0 Å². The molecule has 4 nitrogen and oxygen atoms in total. The van der Waals surface area contributed by atoms with Gasteiger partial charge in [0.2, 0.25) is 0 Å². The van der Waals surface area contributed by atoms with E-state index in [0.717, 1.165) is 13.4 Å². The van der Waals surface area contributed by atoms with E-state index in [4.69, 9.17) is 13.6 Å². The summed E-state index contributed by atoms with van der Waals surface area (Å²) in [5.74, 6) is 1.10. The van der Waals surface area contributed by atoms with Gasteiger partial charge in [-0.25, -0.2) is 0 Å². The first-order valence-corrected chi connectivity index (χ1v) is 11.2. The maximum Gasteiger partial charge on any atom is 0.647 e. The van der Waals surface area contributed by atoms with Gasteiger partial charge >= 0.3 is 7.82 Å². The summed E-state index contributed by atoms with van der Waals surface area (Å²) < 4.78 is 32.7. The monoisotopic (exact) mass is 560 g/mol. The van der Waals surface area contributed by atoms with E-state index in [-0.39, 0.29) is 0 Å². The van der Waals surface area contributed by atoms with Crippen LogP contribution in [-0.4, -0.2) is 0 Å². The second-order valence-electron chi connectivity index (χ2n) is 5.08. The highest BCUT2D eigenvalue weighted by Crippen LogP contribution is 2.50. The van der Waals surface area contributed by atoms with E-state index in [1.54, 1.807) is 72.8 Å². The lowest BCUT2D eigenvalue weighted by molar-refractivity contribution is 0.298. The normalized spacial score (nSPS) is 11.0. The fourth-order valence-corrected chi connectivity index (χ4v) is 3.97. The number of benzene rings is 3. The van der Waals surface area contributed by atoms with Gasteiger partial charge in [-0.2, -0.15) is 4.57 Å². The standard InChI is InChI=1S/C18H12Br3O4P/c19-13-1-7-16(8-2-13)23-26(22,24-17-9-3-14(20)4-10-17)25-18-11-5-15(21)6-12-18/h1-12H. The van der Waals surface area contributed by atoms with Crippen LogP contribution in [0.2, 0.25) is 0 Å². The molecule has 0 radical (unpaired) electrons. The van der Waals surface area contributed by atoms with E-state index in [9.17, 15) is 4.57 Å². The SMILES string of the molecule is O=P(Oc1ccc(Br)cc1)(Oc1ccc(Br)cc1)Oc1ccc(Br)cc1. The Kier molecular flexibility index (Phi) is 6.46. The number of phosphoric acid groups is 1. The van der Waals surface area contributed by atoms with Crippen LogP contribution in [0.4, 0.5) is 0 Å². The van der Waals surface area contributed by atoms with Gasteiger partial charge in [-0.1, -0.05) is 47.8 Å². The fraction of sp³-hybridized carbons (Fsp3) is 0. The van der Waals surface area contributed by atoms with E-state index in [1.165, 1.54) is 0 Å². The molecule has 8 heteroatoms. The molecule has 0 bridgehead atoms. The molecule has 0 saturated heterocycles. The van der Waals surface area contributed by atoms with E-state index < -0.39 is 7.82 Å². The average molecular weight is 563 g/mol. The molecule has 0 amide bonds. The largest absolute Gasteiger partial charge is 0.647 e. The molecule has 0 aromatic heterocycles. The van der Waals surface area contributed by atoms with Gasteiger partial charge in [-0.3, -0.25) is 0 Å². The van der Waals surface area contributed by atoms with Gasteiger partial charge in [0.05, 0.1) is 0 Å². The molecule has 0 spiro atoms. The molecule has 0 aliphatic rings. The van der Waals surface area contributed by atoms with Gasteiger partial charge in [0.25, 0.3) is 0 Å². The minimum absolute atomic E-state index is 0.366. The number of phosphoric ester groups is 1. The highest BCUT2D eigenvalue weighted by molar-refractivity contribution is 9.11. The zero-order chi connectivity index (χ0) is 18.6. The lowest BCUT2D eigenvalue weighted by Crippen LogP contribution is -2.07. The van der Waals surface area contributed by atoms with Crippen molar-refractivity contribution in [1.29, 1.82) is 0 Å². The molecule has 0 saturated carbocycles.